The molecule has 94 valence electrons. The van der Waals surface area contributed by atoms with Crippen molar-refractivity contribution in [3.63, 3.8) is 0 Å². The zero-order chi connectivity index (χ0) is 13.3. The molecule has 1 aromatic heterocycles. The molecule has 0 radical (unpaired) electrons. The summed E-state index contributed by atoms with van der Waals surface area (Å²) < 4.78 is 40.0. The van der Waals surface area contributed by atoms with Gasteiger partial charge >= 0.3 is 0 Å². The van der Waals surface area contributed by atoms with E-state index in [0.717, 1.165) is 0 Å². The normalized spacial score (nSPS) is 10.4. The van der Waals surface area contributed by atoms with E-state index < -0.39 is 23.1 Å². The average Bonchev–Trinajstić information content (AvgIpc) is 2.25. The van der Waals surface area contributed by atoms with E-state index >= 15 is 0 Å². The molecule has 2 aromatic rings. The molecular weight excluding hydrogens is 311 g/mol. The van der Waals surface area contributed by atoms with Crippen LogP contribution in [0, 0.1) is 17.5 Å². The van der Waals surface area contributed by atoms with E-state index in [-0.39, 0.29) is 5.82 Å². The van der Waals surface area contributed by atoms with E-state index in [9.17, 15) is 13.2 Å². The van der Waals surface area contributed by atoms with Crippen LogP contribution >= 0.6 is 15.9 Å². The van der Waals surface area contributed by atoms with E-state index in [4.69, 9.17) is 5.73 Å². The fourth-order valence-electron chi connectivity index (χ4n) is 1.32. The molecule has 0 unspecified atom stereocenters. The number of hydrogen-bond donors (Lipinski definition) is 2. The van der Waals surface area contributed by atoms with Gasteiger partial charge in [0, 0.05) is 12.1 Å². The topological polar surface area (TPSA) is 50.9 Å². The number of halogens is 4. The summed E-state index contributed by atoms with van der Waals surface area (Å²) in [5.74, 6) is -2.90. The van der Waals surface area contributed by atoms with Crippen LogP contribution < -0.4 is 11.1 Å². The molecule has 0 amide bonds. The molecule has 3 N–H and O–H groups in total. The molecular formula is C11H7BrF3N3. The van der Waals surface area contributed by atoms with Crippen LogP contribution in [0.15, 0.2) is 28.9 Å². The number of rotatable bonds is 2. The zero-order valence-electron chi connectivity index (χ0n) is 8.85. The first-order chi connectivity index (χ1) is 8.47. The van der Waals surface area contributed by atoms with Gasteiger partial charge in [0.1, 0.15) is 17.3 Å². The highest BCUT2D eigenvalue weighted by Crippen LogP contribution is 2.28. The van der Waals surface area contributed by atoms with Crippen LogP contribution in [0.5, 0.6) is 0 Å². The quantitative estimate of drug-likeness (QED) is 0.890. The number of nitrogens with zero attached hydrogens (tertiary/aromatic N) is 1. The predicted octanol–water partition coefficient (Wildman–Crippen LogP) is 3.59. The Bertz CT molecular complexity index is 581. The second kappa shape index (κ2) is 4.85. The second-order valence-corrected chi connectivity index (χ2v) is 4.32. The maximum atomic E-state index is 13.4. The highest BCUT2D eigenvalue weighted by molar-refractivity contribution is 9.10. The van der Waals surface area contributed by atoms with Crippen molar-refractivity contribution in [3.05, 3.63) is 46.3 Å². The van der Waals surface area contributed by atoms with E-state index in [0.29, 0.717) is 22.3 Å². The van der Waals surface area contributed by atoms with Gasteiger partial charge in [0.2, 0.25) is 0 Å². The molecule has 1 aromatic carbocycles. The van der Waals surface area contributed by atoms with Crippen LogP contribution in [-0.4, -0.2) is 4.98 Å². The van der Waals surface area contributed by atoms with Crippen molar-refractivity contribution < 1.29 is 13.2 Å². The largest absolute Gasteiger partial charge is 0.397 e. The molecule has 0 spiro atoms. The Morgan fingerprint density at radius 3 is 2.28 bits per heavy atom. The Hall–Kier alpha value is -1.76. The van der Waals surface area contributed by atoms with Gasteiger partial charge in [-0.25, -0.2) is 18.2 Å². The number of hydrogen-bond acceptors (Lipinski definition) is 3. The van der Waals surface area contributed by atoms with E-state index in [1.807, 2.05) is 0 Å². The summed E-state index contributed by atoms with van der Waals surface area (Å²) in [6.07, 6.45) is 1.33. The monoisotopic (exact) mass is 317 g/mol. The number of benzene rings is 1. The SMILES string of the molecule is Nc1cnc(Nc2c(F)cc(F)cc2F)c(Br)c1. The van der Waals surface area contributed by atoms with Gasteiger partial charge in [0.05, 0.1) is 16.4 Å². The predicted molar refractivity (Wildman–Crippen MR) is 65.9 cm³/mol. The summed E-state index contributed by atoms with van der Waals surface area (Å²) in [6, 6.07) is 2.68. The minimum atomic E-state index is -1.04. The third-order valence-electron chi connectivity index (χ3n) is 2.11. The van der Waals surface area contributed by atoms with Crippen molar-refractivity contribution in [2.24, 2.45) is 0 Å². The van der Waals surface area contributed by atoms with E-state index in [2.05, 4.69) is 26.2 Å². The van der Waals surface area contributed by atoms with Gasteiger partial charge in [-0.15, -0.1) is 0 Å². The zero-order valence-corrected chi connectivity index (χ0v) is 10.4. The van der Waals surface area contributed by atoms with Crippen LogP contribution in [-0.2, 0) is 0 Å². The molecule has 0 aliphatic heterocycles. The lowest BCUT2D eigenvalue weighted by Gasteiger charge is -2.10. The number of aromatic nitrogens is 1. The summed E-state index contributed by atoms with van der Waals surface area (Å²) >= 11 is 3.14. The van der Waals surface area contributed by atoms with Gasteiger partial charge in [-0.3, -0.25) is 0 Å². The highest BCUT2D eigenvalue weighted by atomic mass is 79.9. The van der Waals surface area contributed by atoms with Crippen LogP contribution in [0.3, 0.4) is 0 Å². The summed E-state index contributed by atoms with van der Waals surface area (Å²) in [5.41, 5.74) is 5.40. The maximum absolute atomic E-state index is 13.4. The van der Waals surface area contributed by atoms with Crippen molar-refractivity contribution in [1.29, 1.82) is 0 Å². The minimum absolute atomic E-state index is 0.175. The fourth-order valence-corrected chi connectivity index (χ4v) is 1.79. The van der Waals surface area contributed by atoms with Gasteiger partial charge in [-0.05, 0) is 22.0 Å². The molecule has 0 fully saturated rings. The van der Waals surface area contributed by atoms with E-state index in [1.165, 1.54) is 12.3 Å². The first-order valence-electron chi connectivity index (χ1n) is 4.80. The minimum Gasteiger partial charge on any atom is -0.397 e. The number of nitrogens with two attached hydrogens (primary N) is 1. The van der Waals surface area contributed by atoms with Gasteiger partial charge in [0.15, 0.2) is 11.6 Å². The molecule has 18 heavy (non-hydrogen) atoms. The molecule has 7 heteroatoms. The molecule has 0 bridgehead atoms. The number of nitrogens with one attached hydrogen (secondary N) is 1. The Labute approximate surface area is 109 Å². The van der Waals surface area contributed by atoms with Crippen LogP contribution in [0.2, 0.25) is 0 Å². The Morgan fingerprint density at radius 2 is 1.72 bits per heavy atom. The van der Waals surface area contributed by atoms with Gasteiger partial charge in [-0.1, -0.05) is 0 Å². The molecule has 2 rings (SSSR count). The molecule has 0 atom stereocenters. The lowest BCUT2D eigenvalue weighted by molar-refractivity contribution is 0.548. The third kappa shape index (κ3) is 2.56. The number of pyridine rings is 1. The smallest absolute Gasteiger partial charge is 0.152 e. The molecule has 0 saturated heterocycles. The molecule has 3 nitrogen and oxygen atoms in total. The Morgan fingerprint density at radius 1 is 1.11 bits per heavy atom. The van der Waals surface area contributed by atoms with E-state index in [1.54, 1.807) is 0 Å². The molecule has 1 heterocycles. The summed E-state index contributed by atoms with van der Waals surface area (Å²) in [5, 5.41) is 2.43. The average molecular weight is 318 g/mol. The highest BCUT2D eigenvalue weighted by Gasteiger charge is 2.13. The lowest BCUT2D eigenvalue weighted by atomic mass is 10.2. The fraction of sp³-hybridized carbons (Fsp3) is 0. The molecule has 0 saturated carbocycles. The third-order valence-corrected chi connectivity index (χ3v) is 2.72. The summed E-state index contributed by atoms with van der Waals surface area (Å²) in [7, 11) is 0. The molecule has 0 aliphatic carbocycles. The first-order valence-corrected chi connectivity index (χ1v) is 5.59. The maximum Gasteiger partial charge on any atom is 0.152 e. The standard InChI is InChI=1S/C11H7BrF3N3/c12-7-3-6(16)4-17-11(7)18-10-8(14)1-5(13)2-9(10)15/h1-4H,16H2,(H,17,18). The molecule has 0 aliphatic rings. The van der Waals surface area contributed by atoms with Gasteiger partial charge < -0.3 is 11.1 Å². The van der Waals surface area contributed by atoms with Crippen molar-refractivity contribution in [1.82, 2.24) is 4.98 Å². The first kappa shape index (κ1) is 12.7. The lowest BCUT2D eigenvalue weighted by Crippen LogP contribution is -2.01. The Kier molecular flexibility index (Phi) is 3.42. The Balaban J connectivity index is 2.40. The van der Waals surface area contributed by atoms with Crippen molar-refractivity contribution in [2.75, 3.05) is 11.1 Å². The van der Waals surface area contributed by atoms with Crippen LogP contribution in [0.25, 0.3) is 0 Å². The summed E-state index contributed by atoms with van der Waals surface area (Å²) in [4.78, 5) is 3.87. The van der Waals surface area contributed by atoms with Gasteiger partial charge in [0.25, 0.3) is 0 Å². The van der Waals surface area contributed by atoms with Crippen LogP contribution in [0.4, 0.5) is 30.4 Å². The second-order valence-electron chi connectivity index (χ2n) is 3.47. The van der Waals surface area contributed by atoms with Crippen LogP contribution in [0.1, 0.15) is 0 Å². The summed E-state index contributed by atoms with van der Waals surface area (Å²) in [6.45, 7) is 0. The van der Waals surface area contributed by atoms with Gasteiger partial charge in [-0.2, -0.15) is 0 Å². The number of nitrogen functional groups attached to an aromatic ring is 1. The van der Waals surface area contributed by atoms with Crippen molar-refractivity contribution >= 4 is 33.1 Å². The van der Waals surface area contributed by atoms with Crippen molar-refractivity contribution in [3.8, 4) is 0 Å². The van der Waals surface area contributed by atoms with Crippen molar-refractivity contribution in [2.45, 2.75) is 0 Å². The number of anilines is 3.